The number of halogens is 1. The zero-order valence-corrected chi connectivity index (χ0v) is 14.0. The molecule has 0 bridgehead atoms. The molecule has 1 saturated heterocycles. The number of amidine groups is 1. The van der Waals surface area contributed by atoms with Crippen molar-refractivity contribution in [3.8, 4) is 0 Å². The number of nitrogens with one attached hydrogen (secondary N) is 1. The van der Waals surface area contributed by atoms with Gasteiger partial charge >= 0.3 is 0 Å². The van der Waals surface area contributed by atoms with Crippen LogP contribution in [0.4, 0.5) is 5.69 Å². The predicted octanol–water partition coefficient (Wildman–Crippen LogP) is 4.64. The van der Waals surface area contributed by atoms with Crippen LogP contribution in [0.2, 0.25) is 0 Å². The first-order valence-corrected chi connectivity index (χ1v) is 8.68. The Hall–Kier alpha value is -0.810. The van der Waals surface area contributed by atoms with Crippen molar-refractivity contribution in [3.05, 3.63) is 28.7 Å². The summed E-state index contributed by atoms with van der Waals surface area (Å²) in [5.41, 5.74) is 0.864. The lowest BCUT2D eigenvalue weighted by molar-refractivity contribution is -0.118. The molecule has 20 heavy (non-hydrogen) atoms. The minimum Gasteiger partial charge on any atom is -0.304 e. The predicted molar refractivity (Wildman–Crippen MR) is 89.5 cm³/mol. The summed E-state index contributed by atoms with van der Waals surface area (Å²) in [5.74, 6) is 0.0994. The summed E-state index contributed by atoms with van der Waals surface area (Å²) >= 11 is 4.95. The van der Waals surface area contributed by atoms with E-state index >= 15 is 0 Å². The lowest BCUT2D eigenvalue weighted by Gasteiger charge is -2.03. The number of thioether (sulfide) groups is 1. The second-order valence-corrected chi connectivity index (χ2v) is 6.95. The molecule has 1 amide bonds. The number of nitrogens with zero attached hydrogens (tertiary/aromatic N) is 1. The molecule has 2 rings (SSSR count). The van der Waals surface area contributed by atoms with Gasteiger partial charge in [0.2, 0.25) is 5.91 Å². The molecule has 0 radical (unpaired) electrons. The molecule has 5 heteroatoms. The van der Waals surface area contributed by atoms with E-state index in [1.807, 2.05) is 24.3 Å². The van der Waals surface area contributed by atoms with Crippen molar-refractivity contribution in [2.45, 2.75) is 44.3 Å². The number of carbonyl (C=O) groups excluding carboxylic acids is 1. The number of unbranched alkanes of at least 4 members (excludes halogenated alkanes) is 3. The quantitative estimate of drug-likeness (QED) is 0.756. The normalized spacial score (nSPS) is 20.4. The summed E-state index contributed by atoms with van der Waals surface area (Å²) < 4.78 is 1.03. The molecule has 108 valence electrons. The average Bonchev–Trinajstić information content (AvgIpc) is 2.78. The zero-order chi connectivity index (χ0) is 14.4. The van der Waals surface area contributed by atoms with Gasteiger partial charge in [-0.1, -0.05) is 60.3 Å². The Labute approximate surface area is 132 Å². The summed E-state index contributed by atoms with van der Waals surface area (Å²) in [4.78, 5) is 16.3. The van der Waals surface area contributed by atoms with Crippen LogP contribution in [0.25, 0.3) is 0 Å². The highest BCUT2D eigenvalue weighted by molar-refractivity contribution is 9.10. The van der Waals surface area contributed by atoms with Crippen LogP contribution >= 0.6 is 27.7 Å². The van der Waals surface area contributed by atoms with Crippen LogP contribution < -0.4 is 5.32 Å². The number of carbonyl (C=O) groups is 1. The minimum atomic E-state index is 0.0288. The lowest BCUT2D eigenvalue weighted by atomic mass is 10.1. The summed E-state index contributed by atoms with van der Waals surface area (Å²) in [6.07, 6.45) is 5.74. The molecule has 1 aromatic carbocycles. The van der Waals surface area contributed by atoms with Crippen LogP contribution in [-0.4, -0.2) is 16.3 Å². The van der Waals surface area contributed by atoms with Gasteiger partial charge in [0.15, 0.2) is 5.17 Å². The highest BCUT2D eigenvalue weighted by Gasteiger charge is 2.29. The molecule has 1 aliphatic rings. The van der Waals surface area contributed by atoms with E-state index in [0.29, 0.717) is 0 Å². The van der Waals surface area contributed by atoms with Crippen LogP contribution in [0.1, 0.15) is 39.0 Å². The van der Waals surface area contributed by atoms with Crippen LogP contribution in [-0.2, 0) is 4.79 Å². The van der Waals surface area contributed by atoms with E-state index in [1.165, 1.54) is 19.3 Å². The fraction of sp³-hybridized carbons (Fsp3) is 0.467. The maximum Gasteiger partial charge on any atom is 0.239 e. The van der Waals surface area contributed by atoms with Crippen molar-refractivity contribution in [2.24, 2.45) is 4.99 Å². The maximum absolute atomic E-state index is 11.9. The van der Waals surface area contributed by atoms with E-state index in [2.05, 4.69) is 33.2 Å². The fourth-order valence-electron chi connectivity index (χ4n) is 2.04. The van der Waals surface area contributed by atoms with Gasteiger partial charge in [-0.15, -0.1) is 0 Å². The van der Waals surface area contributed by atoms with Gasteiger partial charge in [0.1, 0.15) is 0 Å². The molecular formula is C15H19BrN2OS. The van der Waals surface area contributed by atoms with Gasteiger partial charge < -0.3 is 5.32 Å². The number of hydrogen-bond acceptors (Lipinski definition) is 3. The number of rotatable bonds is 6. The van der Waals surface area contributed by atoms with Crippen LogP contribution in [0.5, 0.6) is 0 Å². The molecule has 3 nitrogen and oxygen atoms in total. The average molecular weight is 355 g/mol. The van der Waals surface area contributed by atoms with Crippen molar-refractivity contribution in [1.29, 1.82) is 0 Å². The molecule has 0 spiro atoms. The van der Waals surface area contributed by atoms with Crippen molar-refractivity contribution in [3.63, 3.8) is 0 Å². The molecule has 1 aromatic rings. The Morgan fingerprint density at radius 1 is 1.25 bits per heavy atom. The highest BCUT2D eigenvalue weighted by Crippen LogP contribution is 2.27. The Kier molecular flexibility index (Phi) is 6.10. The van der Waals surface area contributed by atoms with Gasteiger partial charge in [0, 0.05) is 4.47 Å². The molecule has 1 atom stereocenters. The third-order valence-electron chi connectivity index (χ3n) is 3.15. The molecule has 1 fully saturated rings. The number of amides is 1. The van der Waals surface area contributed by atoms with E-state index in [1.54, 1.807) is 11.8 Å². The summed E-state index contributed by atoms with van der Waals surface area (Å²) in [5, 5.41) is 3.62. The SMILES string of the molecule is CCCCCCC1SC(=Nc2ccc(Br)cc2)NC1=O. The summed E-state index contributed by atoms with van der Waals surface area (Å²) in [7, 11) is 0. The van der Waals surface area contributed by atoms with Crippen LogP contribution in [0.15, 0.2) is 33.7 Å². The molecule has 1 heterocycles. The monoisotopic (exact) mass is 354 g/mol. The Morgan fingerprint density at radius 3 is 2.70 bits per heavy atom. The summed E-state index contributed by atoms with van der Waals surface area (Å²) in [6, 6.07) is 7.75. The van der Waals surface area contributed by atoms with Gasteiger partial charge in [-0.2, -0.15) is 0 Å². The second kappa shape index (κ2) is 7.84. The summed E-state index contributed by atoms with van der Waals surface area (Å²) in [6.45, 7) is 2.19. The molecule has 0 aliphatic carbocycles. The standard InChI is InChI=1S/C15H19BrN2OS/c1-2-3-4-5-6-13-14(19)18-15(20-13)17-12-9-7-11(16)8-10-12/h7-10,13H,2-6H2,1H3,(H,17,18,19). The van der Waals surface area contributed by atoms with Crippen molar-refractivity contribution in [1.82, 2.24) is 5.32 Å². The van der Waals surface area contributed by atoms with E-state index < -0.39 is 0 Å². The van der Waals surface area contributed by atoms with E-state index in [-0.39, 0.29) is 11.2 Å². The Bertz CT molecular complexity index is 487. The molecule has 0 aromatic heterocycles. The van der Waals surface area contributed by atoms with Crippen molar-refractivity contribution >= 4 is 44.5 Å². The molecule has 0 saturated carbocycles. The molecule has 1 N–H and O–H groups in total. The number of aliphatic imine (C=N–C) groups is 1. The number of hydrogen-bond donors (Lipinski definition) is 1. The molecule has 1 unspecified atom stereocenters. The van der Waals surface area contributed by atoms with Gasteiger partial charge in [0.25, 0.3) is 0 Å². The van der Waals surface area contributed by atoms with E-state index in [0.717, 1.165) is 28.2 Å². The fourth-order valence-corrected chi connectivity index (χ4v) is 3.34. The molecule has 1 aliphatic heterocycles. The van der Waals surface area contributed by atoms with Crippen LogP contribution in [0, 0.1) is 0 Å². The Balaban J connectivity index is 1.89. The first-order valence-electron chi connectivity index (χ1n) is 7.01. The van der Waals surface area contributed by atoms with E-state index in [4.69, 9.17) is 0 Å². The maximum atomic E-state index is 11.9. The topological polar surface area (TPSA) is 41.5 Å². The lowest BCUT2D eigenvalue weighted by Crippen LogP contribution is -2.24. The number of benzene rings is 1. The largest absolute Gasteiger partial charge is 0.304 e. The van der Waals surface area contributed by atoms with Crippen molar-refractivity contribution in [2.75, 3.05) is 0 Å². The van der Waals surface area contributed by atoms with Crippen molar-refractivity contribution < 1.29 is 4.79 Å². The van der Waals surface area contributed by atoms with Gasteiger partial charge in [-0.3, -0.25) is 4.79 Å². The highest BCUT2D eigenvalue weighted by atomic mass is 79.9. The first kappa shape index (κ1) is 15.6. The van der Waals surface area contributed by atoms with Gasteiger partial charge in [-0.25, -0.2) is 4.99 Å². The second-order valence-electron chi connectivity index (χ2n) is 4.84. The van der Waals surface area contributed by atoms with Gasteiger partial charge in [0.05, 0.1) is 10.9 Å². The van der Waals surface area contributed by atoms with Gasteiger partial charge in [-0.05, 0) is 30.7 Å². The molecular weight excluding hydrogens is 336 g/mol. The smallest absolute Gasteiger partial charge is 0.239 e. The third kappa shape index (κ3) is 4.63. The Morgan fingerprint density at radius 2 is 2.00 bits per heavy atom. The zero-order valence-electron chi connectivity index (χ0n) is 11.6. The van der Waals surface area contributed by atoms with E-state index in [9.17, 15) is 4.79 Å². The minimum absolute atomic E-state index is 0.0288. The third-order valence-corrected chi connectivity index (χ3v) is 4.83. The van der Waals surface area contributed by atoms with Crippen LogP contribution in [0.3, 0.4) is 0 Å². The first-order chi connectivity index (χ1) is 9.69.